The zero-order valence-electron chi connectivity index (χ0n) is 17.3. The summed E-state index contributed by atoms with van der Waals surface area (Å²) in [6.45, 7) is 4.62. The topological polar surface area (TPSA) is 77.3 Å². The molecule has 2 N–H and O–H groups in total. The normalized spacial score (nSPS) is 25.3. The van der Waals surface area contributed by atoms with Gasteiger partial charge >= 0.3 is 6.09 Å². The minimum Gasteiger partial charge on any atom is -0.485 e. The third-order valence-corrected chi connectivity index (χ3v) is 6.41. The van der Waals surface area contributed by atoms with E-state index in [9.17, 15) is 4.79 Å². The number of hydrogen-bond donors (Lipinski definition) is 1. The molecule has 30 heavy (non-hydrogen) atoms. The number of amides is 1. The van der Waals surface area contributed by atoms with E-state index in [1.807, 2.05) is 12.1 Å². The highest BCUT2D eigenvalue weighted by Crippen LogP contribution is 2.44. The molecule has 4 aliphatic rings. The van der Waals surface area contributed by atoms with Gasteiger partial charge in [0.25, 0.3) is 0 Å². The molecular weight excluding hydrogens is 382 g/mol. The van der Waals surface area contributed by atoms with Gasteiger partial charge in [0.2, 0.25) is 0 Å². The van der Waals surface area contributed by atoms with Gasteiger partial charge in [0, 0.05) is 44.1 Å². The molecule has 0 radical (unpaired) electrons. The number of benzene rings is 1. The van der Waals surface area contributed by atoms with Crippen LogP contribution in [0.2, 0.25) is 0 Å². The van der Waals surface area contributed by atoms with Crippen molar-refractivity contribution in [3.05, 3.63) is 41.5 Å². The maximum absolute atomic E-state index is 12.6. The maximum Gasteiger partial charge on any atom is 0.410 e. The molecule has 5 rings (SSSR count). The van der Waals surface area contributed by atoms with Gasteiger partial charge in [0.1, 0.15) is 18.0 Å². The monoisotopic (exact) mass is 411 g/mol. The molecule has 7 nitrogen and oxygen atoms in total. The zero-order chi connectivity index (χ0) is 20.6. The van der Waals surface area contributed by atoms with E-state index in [0.717, 1.165) is 67.0 Å². The highest BCUT2D eigenvalue weighted by molar-refractivity contribution is 5.73. The molecule has 3 aliphatic heterocycles. The van der Waals surface area contributed by atoms with Crippen molar-refractivity contribution in [1.82, 2.24) is 4.90 Å². The number of likely N-dealkylation sites (tertiary alicyclic amines) is 1. The summed E-state index contributed by atoms with van der Waals surface area (Å²) >= 11 is 0. The molecule has 7 heteroatoms. The van der Waals surface area contributed by atoms with Crippen LogP contribution < -0.4 is 15.4 Å². The SMILES string of the molecule is Nc1cc2c(cc1N1CCOCC1)OC1(CCN(C(=O)OCC3=CCCC=C3)C1)C2. The number of rotatable bonds is 3. The Morgan fingerprint density at radius 1 is 1.20 bits per heavy atom. The highest BCUT2D eigenvalue weighted by Gasteiger charge is 2.47. The van der Waals surface area contributed by atoms with E-state index in [-0.39, 0.29) is 11.7 Å². The molecule has 1 spiro atoms. The molecule has 1 aliphatic carbocycles. The summed E-state index contributed by atoms with van der Waals surface area (Å²) in [4.78, 5) is 16.6. The van der Waals surface area contributed by atoms with E-state index >= 15 is 0 Å². The lowest BCUT2D eigenvalue weighted by Gasteiger charge is -2.30. The Balaban J connectivity index is 1.23. The van der Waals surface area contributed by atoms with Crippen LogP contribution in [-0.4, -0.2) is 62.6 Å². The summed E-state index contributed by atoms with van der Waals surface area (Å²) in [5.74, 6) is 0.887. The number of fused-ring (bicyclic) bond motifs is 1. The van der Waals surface area contributed by atoms with Gasteiger partial charge in [-0.15, -0.1) is 0 Å². The Kier molecular flexibility index (Phi) is 5.06. The fourth-order valence-electron chi connectivity index (χ4n) is 4.80. The Labute approximate surface area is 177 Å². The second-order valence-corrected chi connectivity index (χ2v) is 8.56. The number of nitrogen functional groups attached to an aromatic ring is 1. The summed E-state index contributed by atoms with van der Waals surface area (Å²) in [5.41, 5.74) is 9.97. The molecule has 0 bridgehead atoms. The Hall–Kier alpha value is -2.67. The Morgan fingerprint density at radius 3 is 2.87 bits per heavy atom. The van der Waals surface area contributed by atoms with Crippen LogP contribution in [0.5, 0.6) is 5.75 Å². The molecule has 0 aromatic heterocycles. The molecule has 1 atom stereocenters. The maximum atomic E-state index is 12.6. The van der Waals surface area contributed by atoms with Gasteiger partial charge in [0.05, 0.1) is 31.1 Å². The molecule has 1 aromatic carbocycles. The van der Waals surface area contributed by atoms with Gasteiger partial charge in [-0.25, -0.2) is 4.79 Å². The highest BCUT2D eigenvalue weighted by atomic mass is 16.6. The summed E-state index contributed by atoms with van der Waals surface area (Å²) in [6.07, 6.45) is 9.66. The Morgan fingerprint density at radius 2 is 2.07 bits per heavy atom. The van der Waals surface area contributed by atoms with Crippen LogP contribution in [0.4, 0.5) is 16.2 Å². The molecule has 0 saturated carbocycles. The van der Waals surface area contributed by atoms with E-state index in [4.69, 9.17) is 19.9 Å². The van der Waals surface area contributed by atoms with Crippen molar-refractivity contribution in [1.29, 1.82) is 0 Å². The fraction of sp³-hybridized carbons (Fsp3) is 0.522. The molecule has 1 amide bonds. The van der Waals surface area contributed by atoms with Gasteiger partial charge in [-0.2, -0.15) is 0 Å². The molecule has 1 aromatic rings. The van der Waals surface area contributed by atoms with Crippen molar-refractivity contribution in [2.75, 3.05) is 56.6 Å². The number of ether oxygens (including phenoxy) is 3. The number of carbonyl (C=O) groups is 1. The largest absolute Gasteiger partial charge is 0.485 e. The second-order valence-electron chi connectivity index (χ2n) is 8.56. The summed E-state index contributed by atoms with van der Waals surface area (Å²) in [6, 6.07) is 4.10. The standard InChI is InChI=1S/C23H29N3O4/c24-19-12-18-14-23(30-21(18)13-20(19)25-8-10-28-11-9-25)6-7-26(16-23)22(27)29-15-17-4-2-1-3-5-17/h2,4-5,12-13H,1,3,6-11,14-16,24H2. The van der Waals surface area contributed by atoms with Crippen LogP contribution in [0.3, 0.4) is 0 Å². The van der Waals surface area contributed by atoms with Crippen molar-refractivity contribution in [2.45, 2.75) is 31.3 Å². The van der Waals surface area contributed by atoms with Crippen LogP contribution >= 0.6 is 0 Å². The van der Waals surface area contributed by atoms with Crippen molar-refractivity contribution in [3.8, 4) is 5.75 Å². The number of carbonyl (C=O) groups excluding carboxylic acids is 1. The van der Waals surface area contributed by atoms with Crippen molar-refractivity contribution >= 4 is 17.5 Å². The van der Waals surface area contributed by atoms with Crippen LogP contribution in [0, 0.1) is 0 Å². The number of nitrogens with zero attached hydrogens (tertiary/aromatic N) is 2. The lowest BCUT2D eigenvalue weighted by molar-refractivity contribution is 0.0859. The molecule has 2 saturated heterocycles. The van der Waals surface area contributed by atoms with E-state index in [0.29, 0.717) is 32.9 Å². The van der Waals surface area contributed by atoms with Gasteiger partial charge in [0.15, 0.2) is 0 Å². The Bertz CT molecular complexity index is 891. The van der Waals surface area contributed by atoms with Crippen molar-refractivity contribution < 1.29 is 19.0 Å². The first kappa shape index (κ1) is 19.3. The molecule has 3 heterocycles. The molecular formula is C23H29N3O4. The zero-order valence-corrected chi connectivity index (χ0v) is 17.3. The second kappa shape index (κ2) is 7.87. The van der Waals surface area contributed by atoms with E-state index in [2.05, 4.69) is 23.1 Å². The van der Waals surface area contributed by atoms with Crippen LogP contribution in [0.25, 0.3) is 0 Å². The first-order chi connectivity index (χ1) is 14.6. The van der Waals surface area contributed by atoms with Gasteiger partial charge in [-0.05, 0) is 24.5 Å². The van der Waals surface area contributed by atoms with E-state index < -0.39 is 0 Å². The van der Waals surface area contributed by atoms with Crippen molar-refractivity contribution in [2.24, 2.45) is 0 Å². The van der Waals surface area contributed by atoms with Crippen LogP contribution in [-0.2, 0) is 15.9 Å². The summed E-state index contributed by atoms with van der Waals surface area (Å²) < 4.78 is 17.4. The number of nitrogens with two attached hydrogens (primary N) is 1. The first-order valence-electron chi connectivity index (χ1n) is 10.8. The quantitative estimate of drug-likeness (QED) is 0.771. The van der Waals surface area contributed by atoms with Crippen molar-refractivity contribution in [3.63, 3.8) is 0 Å². The predicted octanol–water partition coefficient (Wildman–Crippen LogP) is 2.90. The average molecular weight is 412 g/mol. The van der Waals surface area contributed by atoms with E-state index in [1.54, 1.807) is 4.90 Å². The minimum absolute atomic E-state index is 0.264. The minimum atomic E-state index is -0.374. The van der Waals surface area contributed by atoms with Gasteiger partial charge in [-0.3, -0.25) is 0 Å². The number of hydrogen-bond acceptors (Lipinski definition) is 6. The lowest BCUT2D eigenvalue weighted by atomic mass is 9.96. The summed E-state index contributed by atoms with van der Waals surface area (Å²) in [7, 11) is 0. The number of anilines is 2. The van der Waals surface area contributed by atoms with E-state index in [1.165, 1.54) is 0 Å². The molecule has 160 valence electrons. The summed E-state index contributed by atoms with van der Waals surface area (Å²) in [5, 5.41) is 0. The average Bonchev–Trinajstić information content (AvgIpc) is 3.35. The smallest absolute Gasteiger partial charge is 0.410 e. The first-order valence-corrected chi connectivity index (χ1v) is 10.8. The third-order valence-electron chi connectivity index (χ3n) is 6.41. The lowest BCUT2D eigenvalue weighted by Crippen LogP contribution is -2.40. The number of morpholine rings is 1. The van der Waals surface area contributed by atoms with Crippen LogP contribution in [0.1, 0.15) is 24.8 Å². The van der Waals surface area contributed by atoms with Crippen LogP contribution in [0.15, 0.2) is 35.9 Å². The van der Waals surface area contributed by atoms with Gasteiger partial charge in [-0.1, -0.05) is 18.2 Å². The number of allylic oxidation sites excluding steroid dienone is 2. The molecule has 2 fully saturated rings. The predicted molar refractivity (Wildman–Crippen MR) is 115 cm³/mol. The molecule has 1 unspecified atom stereocenters. The van der Waals surface area contributed by atoms with Gasteiger partial charge < -0.3 is 29.7 Å². The third kappa shape index (κ3) is 3.74. The fourth-order valence-corrected chi connectivity index (χ4v) is 4.80.